The molecule has 1 aliphatic rings. The SMILES string of the molecule is N#Cc1nc2c3ccccc3[nH]c2n(C2CCCCC2)c1=N. The van der Waals surface area contributed by atoms with Crippen molar-refractivity contribution in [2.45, 2.75) is 38.1 Å². The van der Waals surface area contributed by atoms with Crippen molar-refractivity contribution in [3.05, 3.63) is 35.4 Å². The fourth-order valence-corrected chi connectivity index (χ4v) is 3.57. The molecule has 110 valence electrons. The Labute approximate surface area is 127 Å². The predicted molar refractivity (Wildman–Crippen MR) is 84.3 cm³/mol. The van der Waals surface area contributed by atoms with Gasteiger partial charge < -0.3 is 9.55 Å². The molecule has 0 unspecified atom stereocenters. The third-order valence-electron chi connectivity index (χ3n) is 4.64. The highest BCUT2D eigenvalue weighted by Gasteiger charge is 2.21. The second-order valence-electron chi connectivity index (χ2n) is 5.95. The molecule has 3 aromatic rings. The van der Waals surface area contributed by atoms with E-state index in [0.29, 0.717) is 0 Å². The Morgan fingerprint density at radius 1 is 1.23 bits per heavy atom. The molecule has 2 aromatic heterocycles. The lowest BCUT2D eigenvalue weighted by Gasteiger charge is -2.25. The minimum Gasteiger partial charge on any atom is -0.339 e. The molecule has 1 fully saturated rings. The number of hydrogen-bond acceptors (Lipinski definition) is 3. The minimum atomic E-state index is 0.211. The maximum atomic E-state index is 9.35. The normalized spacial score (nSPS) is 16.1. The van der Waals surface area contributed by atoms with E-state index in [1.807, 2.05) is 28.8 Å². The van der Waals surface area contributed by atoms with Crippen LogP contribution in [0.15, 0.2) is 24.3 Å². The quantitative estimate of drug-likeness (QED) is 0.720. The minimum absolute atomic E-state index is 0.211. The van der Waals surface area contributed by atoms with Crippen LogP contribution in [-0.2, 0) is 0 Å². The maximum Gasteiger partial charge on any atom is 0.183 e. The number of nitriles is 1. The van der Waals surface area contributed by atoms with Gasteiger partial charge in [-0.25, -0.2) is 4.98 Å². The molecule has 2 heterocycles. The van der Waals surface area contributed by atoms with Crippen molar-refractivity contribution in [3.8, 4) is 6.07 Å². The summed E-state index contributed by atoms with van der Waals surface area (Å²) in [6, 6.07) is 10.4. The number of rotatable bonds is 1. The first-order valence-corrected chi connectivity index (χ1v) is 7.77. The first-order chi connectivity index (χ1) is 10.8. The van der Waals surface area contributed by atoms with Gasteiger partial charge in [0, 0.05) is 16.9 Å². The van der Waals surface area contributed by atoms with Crippen molar-refractivity contribution in [3.63, 3.8) is 0 Å². The molecule has 0 spiro atoms. The van der Waals surface area contributed by atoms with E-state index in [1.54, 1.807) is 0 Å². The van der Waals surface area contributed by atoms with E-state index < -0.39 is 0 Å². The highest BCUT2D eigenvalue weighted by atomic mass is 15.1. The summed E-state index contributed by atoms with van der Waals surface area (Å²) >= 11 is 0. The second kappa shape index (κ2) is 4.99. The Morgan fingerprint density at radius 2 is 2.00 bits per heavy atom. The molecule has 22 heavy (non-hydrogen) atoms. The van der Waals surface area contributed by atoms with Crippen molar-refractivity contribution < 1.29 is 0 Å². The van der Waals surface area contributed by atoms with Crippen molar-refractivity contribution in [1.29, 1.82) is 10.7 Å². The lowest BCUT2D eigenvalue weighted by molar-refractivity contribution is 0.349. The third kappa shape index (κ3) is 1.84. The van der Waals surface area contributed by atoms with Crippen LogP contribution in [0.5, 0.6) is 0 Å². The number of fused-ring (bicyclic) bond motifs is 3. The number of H-pyrrole nitrogens is 1. The Balaban J connectivity index is 2.10. The van der Waals surface area contributed by atoms with Gasteiger partial charge in [-0.2, -0.15) is 5.26 Å². The number of hydrogen-bond donors (Lipinski definition) is 2. The topological polar surface area (TPSA) is 81.2 Å². The maximum absolute atomic E-state index is 9.35. The van der Waals surface area contributed by atoms with Crippen molar-refractivity contribution >= 4 is 22.1 Å². The van der Waals surface area contributed by atoms with Crippen molar-refractivity contribution in [2.75, 3.05) is 0 Å². The lowest BCUT2D eigenvalue weighted by atomic mass is 9.95. The molecule has 2 N–H and O–H groups in total. The zero-order chi connectivity index (χ0) is 15.1. The molecular formula is C17H17N5. The molecule has 1 saturated carbocycles. The molecule has 5 nitrogen and oxygen atoms in total. The number of nitrogens with one attached hydrogen (secondary N) is 2. The van der Waals surface area contributed by atoms with Crippen LogP contribution in [0.3, 0.4) is 0 Å². The summed E-state index contributed by atoms with van der Waals surface area (Å²) < 4.78 is 2.00. The van der Waals surface area contributed by atoms with E-state index >= 15 is 0 Å². The van der Waals surface area contributed by atoms with Crippen LogP contribution in [0.4, 0.5) is 0 Å². The fraction of sp³-hybridized carbons (Fsp3) is 0.353. The van der Waals surface area contributed by atoms with E-state index in [9.17, 15) is 5.26 Å². The van der Waals surface area contributed by atoms with E-state index in [0.717, 1.165) is 34.9 Å². The number of benzene rings is 1. The van der Waals surface area contributed by atoms with Gasteiger partial charge in [-0.1, -0.05) is 37.5 Å². The molecule has 0 bridgehead atoms. The Hall–Kier alpha value is -2.61. The molecule has 0 radical (unpaired) electrons. The van der Waals surface area contributed by atoms with E-state index in [1.165, 1.54) is 19.3 Å². The monoisotopic (exact) mass is 291 g/mol. The molecule has 0 atom stereocenters. The average Bonchev–Trinajstić information content (AvgIpc) is 2.93. The largest absolute Gasteiger partial charge is 0.339 e. The zero-order valence-corrected chi connectivity index (χ0v) is 12.3. The molecule has 0 aliphatic heterocycles. The molecule has 0 saturated heterocycles. The average molecular weight is 291 g/mol. The smallest absolute Gasteiger partial charge is 0.183 e. The van der Waals surface area contributed by atoms with Gasteiger partial charge in [-0.05, 0) is 18.9 Å². The fourth-order valence-electron chi connectivity index (χ4n) is 3.57. The Bertz CT molecular complexity index is 951. The van der Waals surface area contributed by atoms with E-state index in [2.05, 4.69) is 16.0 Å². The second-order valence-corrected chi connectivity index (χ2v) is 5.95. The van der Waals surface area contributed by atoms with Gasteiger partial charge in [0.2, 0.25) is 0 Å². The number of nitrogens with zero attached hydrogens (tertiary/aromatic N) is 3. The number of para-hydroxylation sites is 1. The first kappa shape index (κ1) is 13.1. The predicted octanol–water partition coefficient (Wildman–Crippen LogP) is 3.37. The highest BCUT2D eigenvalue weighted by Crippen LogP contribution is 2.31. The van der Waals surface area contributed by atoms with Gasteiger partial charge in [0.1, 0.15) is 17.2 Å². The molecule has 1 aromatic carbocycles. The molecule has 0 amide bonds. The van der Waals surface area contributed by atoms with Gasteiger partial charge in [0.25, 0.3) is 0 Å². The van der Waals surface area contributed by atoms with Crippen LogP contribution >= 0.6 is 0 Å². The van der Waals surface area contributed by atoms with Crippen LogP contribution in [0.1, 0.15) is 43.8 Å². The molecule has 1 aliphatic carbocycles. The van der Waals surface area contributed by atoms with Gasteiger partial charge in [0.05, 0.1) is 0 Å². The first-order valence-electron chi connectivity index (χ1n) is 7.77. The summed E-state index contributed by atoms with van der Waals surface area (Å²) in [5.74, 6) is 0. The van der Waals surface area contributed by atoms with Gasteiger partial charge in [0.15, 0.2) is 11.2 Å². The molecule has 5 heteroatoms. The van der Waals surface area contributed by atoms with Crippen molar-refractivity contribution in [1.82, 2.24) is 14.5 Å². The van der Waals surface area contributed by atoms with Gasteiger partial charge in [-0.3, -0.25) is 5.41 Å². The summed E-state index contributed by atoms with van der Waals surface area (Å²) in [6.45, 7) is 0. The summed E-state index contributed by atoms with van der Waals surface area (Å²) in [6.07, 6.45) is 5.76. The van der Waals surface area contributed by atoms with E-state index in [4.69, 9.17) is 5.41 Å². The van der Waals surface area contributed by atoms with Crippen LogP contribution in [0, 0.1) is 16.7 Å². The Kier molecular flexibility index (Phi) is 2.97. The van der Waals surface area contributed by atoms with Crippen LogP contribution < -0.4 is 5.49 Å². The zero-order valence-electron chi connectivity index (χ0n) is 12.3. The van der Waals surface area contributed by atoms with Crippen LogP contribution in [0.2, 0.25) is 0 Å². The molecular weight excluding hydrogens is 274 g/mol. The van der Waals surface area contributed by atoms with E-state index in [-0.39, 0.29) is 17.2 Å². The summed E-state index contributed by atoms with van der Waals surface area (Å²) in [5.41, 5.74) is 3.12. The summed E-state index contributed by atoms with van der Waals surface area (Å²) in [5, 5.41) is 18.8. The standard InChI is InChI=1S/C17H17N5/c18-10-14-16(19)22(11-6-2-1-3-7-11)17-15(20-14)12-8-4-5-9-13(12)21-17/h4-5,8-9,11,19,21H,1-3,6-7H2. The van der Waals surface area contributed by atoms with Gasteiger partial charge >= 0.3 is 0 Å². The summed E-state index contributed by atoms with van der Waals surface area (Å²) in [4.78, 5) is 7.84. The van der Waals surface area contributed by atoms with Crippen LogP contribution in [0.25, 0.3) is 22.1 Å². The lowest BCUT2D eigenvalue weighted by Crippen LogP contribution is -2.29. The van der Waals surface area contributed by atoms with Gasteiger partial charge in [-0.15, -0.1) is 0 Å². The third-order valence-corrected chi connectivity index (χ3v) is 4.64. The van der Waals surface area contributed by atoms with Crippen LogP contribution in [-0.4, -0.2) is 14.5 Å². The van der Waals surface area contributed by atoms with Crippen molar-refractivity contribution in [2.24, 2.45) is 0 Å². The number of aromatic amines is 1. The Morgan fingerprint density at radius 3 is 2.77 bits per heavy atom. The molecule has 4 rings (SSSR count). The highest BCUT2D eigenvalue weighted by molar-refractivity contribution is 6.03. The number of aromatic nitrogens is 3. The summed E-state index contributed by atoms with van der Waals surface area (Å²) in [7, 11) is 0.